The van der Waals surface area contributed by atoms with E-state index in [1.54, 1.807) is 12.1 Å². The highest BCUT2D eigenvalue weighted by molar-refractivity contribution is 5.78. The van der Waals surface area contributed by atoms with Crippen LogP contribution >= 0.6 is 0 Å². The summed E-state index contributed by atoms with van der Waals surface area (Å²) in [6, 6.07) is 5.38. The van der Waals surface area contributed by atoms with E-state index >= 15 is 0 Å². The number of carbonyl (C=O) groups excluding carboxylic acids is 1. The van der Waals surface area contributed by atoms with Gasteiger partial charge in [-0.3, -0.25) is 9.69 Å². The van der Waals surface area contributed by atoms with Gasteiger partial charge in [0.1, 0.15) is 5.52 Å². The molecule has 0 atom stereocenters. The molecule has 0 bridgehead atoms. The standard InChI is InChI=1S/C15H22N4O2/c1-4-19(5-2)15(20)10-18(3)9-14-17-12-7-6-11(16)8-13(12)21-14/h6-8H,4-5,9-10,16H2,1-3H3. The second-order valence-electron chi connectivity index (χ2n) is 5.07. The van der Waals surface area contributed by atoms with E-state index in [1.165, 1.54) is 0 Å². The molecule has 114 valence electrons. The molecule has 21 heavy (non-hydrogen) atoms. The Morgan fingerprint density at radius 3 is 2.71 bits per heavy atom. The Morgan fingerprint density at radius 1 is 1.33 bits per heavy atom. The molecule has 6 nitrogen and oxygen atoms in total. The highest BCUT2D eigenvalue weighted by atomic mass is 16.3. The van der Waals surface area contributed by atoms with Gasteiger partial charge in [-0.25, -0.2) is 4.98 Å². The third-order valence-electron chi connectivity index (χ3n) is 3.38. The number of nitrogens with zero attached hydrogens (tertiary/aromatic N) is 3. The molecule has 1 amide bonds. The molecule has 0 fully saturated rings. The lowest BCUT2D eigenvalue weighted by atomic mass is 10.3. The van der Waals surface area contributed by atoms with Gasteiger partial charge >= 0.3 is 0 Å². The Kier molecular flexibility index (Phi) is 4.80. The molecule has 1 heterocycles. The third kappa shape index (κ3) is 3.72. The maximum Gasteiger partial charge on any atom is 0.236 e. The molecule has 2 N–H and O–H groups in total. The Bertz CT molecular complexity index is 619. The fraction of sp³-hybridized carbons (Fsp3) is 0.467. The van der Waals surface area contributed by atoms with Crippen molar-refractivity contribution in [3.8, 4) is 0 Å². The van der Waals surface area contributed by atoms with Crippen LogP contribution in [0.5, 0.6) is 0 Å². The van der Waals surface area contributed by atoms with Crippen LogP contribution in [0.15, 0.2) is 22.6 Å². The van der Waals surface area contributed by atoms with Crippen molar-refractivity contribution in [3.05, 3.63) is 24.1 Å². The first-order valence-electron chi connectivity index (χ1n) is 7.14. The Morgan fingerprint density at radius 2 is 2.05 bits per heavy atom. The zero-order valence-corrected chi connectivity index (χ0v) is 12.8. The molecule has 6 heteroatoms. The summed E-state index contributed by atoms with van der Waals surface area (Å²) in [7, 11) is 1.88. The maximum absolute atomic E-state index is 12.0. The van der Waals surface area contributed by atoms with Crippen LogP contribution in [0.25, 0.3) is 11.1 Å². The summed E-state index contributed by atoms with van der Waals surface area (Å²) < 4.78 is 5.66. The highest BCUT2D eigenvalue weighted by Gasteiger charge is 2.14. The van der Waals surface area contributed by atoms with E-state index in [1.807, 2.05) is 36.8 Å². The predicted octanol–water partition coefficient (Wildman–Crippen LogP) is 1.71. The van der Waals surface area contributed by atoms with E-state index in [-0.39, 0.29) is 5.91 Å². The fourth-order valence-corrected chi connectivity index (χ4v) is 2.25. The monoisotopic (exact) mass is 290 g/mol. The topological polar surface area (TPSA) is 75.6 Å². The van der Waals surface area contributed by atoms with Gasteiger partial charge < -0.3 is 15.1 Å². The Balaban J connectivity index is 2.00. The van der Waals surface area contributed by atoms with Crippen LogP contribution < -0.4 is 5.73 Å². The van der Waals surface area contributed by atoms with Crippen molar-refractivity contribution >= 4 is 22.7 Å². The molecule has 0 saturated heterocycles. The number of nitrogens with two attached hydrogens (primary N) is 1. The molecule has 0 aliphatic carbocycles. The first kappa shape index (κ1) is 15.3. The largest absolute Gasteiger partial charge is 0.439 e. The molecule has 2 rings (SSSR count). The number of hydrogen-bond acceptors (Lipinski definition) is 5. The minimum absolute atomic E-state index is 0.114. The number of hydrogen-bond donors (Lipinski definition) is 1. The van der Waals surface area contributed by atoms with E-state index in [0.29, 0.717) is 30.3 Å². The molecule has 0 saturated carbocycles. The van der Waals surface area contributed by atoms with Gasteiger partial charge in [-0.1, -0.05) is 0 Å². The second kappa shape index (κ2) is 6.58. The van der Waals surface area contributed by atoms with Crippen LogP contribution in [-0.4, -0.2) is 47.4 Å². The summed E-state index contributed by atoms with van der Waals surface area (Å²) in [4.78, 5) is 20.1. The van der Waals surface area contributed by atoms with Crippen molar-refractivity contribution in [1.82, 2.24) is 14.8 Å². The number of carbonyl (C=O) groups is 1. The average molecular weight is 290 g/mol. The van der Waals surface area contributed by atoms with Gasteiger partial charge in [0.2, 0.25) is 11.8 Å². The van der Waals surface area contributed by atoms with Gasteiger partial charge in [0.25, 0.3) is 0 Å². The number of fused-ring (bicyclic) bond motifs is 1. The number of amides is 1. The van der Waals surface area contributed by atoms with Gasteiger partial charge in [0.15, 0.2) is 5.58 Å². The molecule has 2 aromatic rings. The lowest BCUT2D eigenvalue weighted by Gasteiger charge is -2.22. The van der Waals surface area contributed by atoms with E-state index in [2.05, 4.69) is 4.98 Å². The summed E-state index contributed by atoms with van der Waals surface area (Å²) in [5.74, 6) is 0.702. The maximum atomic E-state index is 12.0. The van der Waals surface area contributed by atoms with Crippen LogP contribution in [0.2, 0.25) is 0 Å². The van der Waals surface area contributed by atoms with Gasteiger partial charge in [-0.15, -0.1) is 0 Å². The molecule has 1 aromatic carbocycles. The number of benzene rings is 1. The highest BCUT2D eigenvalue weighted by Crippen LogP contribution is 2.19. The summed E-state index contributed by atoms with van der Waals surface area (Å²) >= 11 is 0. The first-order valence-corrected chi connectivity index (χ1v) is 7.14. The smallest absolute Gasteiger partial charge is 0.236 e. The van der Waals surface area contributed by atoms with Gasteiger partial charge in [-0.05, 0) is 33.0 Å². The van der Waals surface area contributed by atoms with E-state index in [9.17, 15) is 4.79 Å². The van der Waals surface area contributed by atoms with E-state index in [0.717, 1.165) is 18.6 Å². The van der Waals surface area contributed by atoms with Crippen molar-refractivity contribution < 1.29 is 9.21 Å². The van der Waals surface area contributed by atoms with E-state index in [4.69, 9.17) is 10.2 Å². The molecule has 0 spiro atoms. The number of oxazole rings is 1. The summed E-state index contributed by atoms with van der Waals surface area (Å²) in [6.07, 6.45) is 0. The summed E-state index contributed by atoms with van der Waals surface area (Å²) in [5.41, 5.74) is 7.82. The molecular formula is C15H22N4O2. The fourth-order valence-electron chi connectivity index (χ4n) is 2.25. The number of likely N-dealkylation sites (N-methyl/N-ethyl adjacent to an activating group) is 2. The van der Waals surface area contributed by atoms with Crippen molar-refractivity contribution in [3.63, 3.8) is 0 Å². The van der Waals surface area contributed by atoms with Gasteiger partial charge in [0, 0.05) is 24.8 Å². The van der Waals surface area contributed by atoms with Crippen molar-refractivity contribution in [1.29, 1.82) is 0 Å². The minimum atomic E-state index is 0.114. The van der Waals surface area contributed by atoms with Crippen LogP contribution in [0.1, 0.15) is 19.7 Å². The first-order chi connectivity index (χ1) is 10.0. The van der Waals surface area contributed by atoms with Crippen LogP contribution in [0.3, 0.4) is 0 Å². The lowest BCUT2D eigenvalue weighted by molar-refractivity contribution is -0.131. The summed E-state index contributed by atoms with van der Waals surface area (Å²) in [5, 5.41) is 0. The zero-order valence-electron chi connectivity index (χ0n) is 12.8. The zero-order chi connectivity index (χ0) is 15.4. The number of anilines is 1. The van der Waals surface area contributed by atoms with Crippen LogP contribution in [0.4, 0.5) is 5.69 Å². The number of rotatable bonds is 6. The van der Waals surface area contributed by atoms with Crippen molar-refractivity contribution in [2.45, 2.75) is 20.4 Å². The molecule has 1 aromatic heterocycles. The SMILES string of the molecule is CCN(CC)C(=O)CN(C)Cc1nc2ccc(N)cc2o1. The van der Waals surface area contributed by atoms with Gasteiger partial charge in [0.05, 0.1) is 13.1 Å². The number of nitrogen functional groups attached to an aromatic ring is 1. The molecule has 0 aliphatic heterocycles. The number of aromatic nitrogens is 1. The average Bonchev–Trinajstić information content (AvgIpc) is 2.80. The van der Waals surface area contributed by atoms with Crippen molar-refractivity contribution in [2.24, 2.45) is 0 Å². The van der Waals surface area contributed by atoms with Crippen molar-refractivity contribution in [2.75, 3.05) is 32.4 Å². The molecule has 0 aliphatic rings. The predicted molar refractivity (Wildman–Crippen MR) is 82.7 cm³/mol. The summed E-state index contributed by atoms with van der Waals surface area (Å²) in [6.45, 7) is 6.25. The Hall–Kier alpha value is -2.08. The molecule has 0 unspecified atom stereocenters. The normalized spacial score (nSPS) is 11.2. The van der Waals surface area contributed by atoms with Crippen LogP contribution in [-0.2, 0) is 11.3 Å². The molecular weight excluding hydrogens is 268 g/mol. The second-order valence-corrected chi connectivity index (χ2v) is 5.07. The third-order valence-corrected chi connectivity index (χ3v) is 3.38. The minimum Gasteiger partial charge on any atom is -0.439 e. The Labute approximate surface area is 124 Å². The molecule has 0 radical (unpaired) electrons. The lowest BCUT2D eigenvalue weighted by Crippen LogP contribution is -2.38. The quantitative estimate of drug-likeness (QED) is 0.820. The van der Waals surface area contributed by atoms with Crippen LogP contribution in [0, 0.1) is 0 Å². The van der Waals surface area contributed by atoms with Gasteiger partial charge in [-0.2, -0.15) is 0 Å². The van der Waals surface area contributed by atoms with E-state index < -0.39 is 0 Å².